The van der Waals surface area contributed by atoms with Gasteiger partial charge in [-0.3, -0.25) is 0 Å². The lowest BCUT2D eigenvalue weighted by Gasteiger charge is -2.29. The Balaban J connectivity index is 1.59. The first kappa shape index (κ1) is 15.6. The highest BCUT2D eigenvalue weighted by Crippen LogP contribution is 2.37. The van der Waals surface area contributed by atoms with Crippen molar-refractivity contribution in [3.05, 3.63) is 12.5 Å². The minimum atomic E-state index is -3.61. The highest BCUT2D eigenvalue weighted by Gasteiger charge is 2.48. The van der Waals surface area contributed by atoms with Gasteiger partial charge in [0.1, 0.15) is 6.10 Å². The van der Waals surface area contributed by atoms with E-state index in [2.05, 4.69) is 4.98 Å². The molecule has 7 nitrogen and oxygen atoms in total. The molecule has 3 atom stereocenters. The summed E-state index contributed by atoms with van der Waals surface area (Å²) in [5.74, 6) is 0.651. The highest BCUT2D eigenvalue weighted by atomic mass is 32.2. The summed E-state index contributed by atoms with van der Waals surface area (Å²) in [4.78, 5) is 4.04. The number of rotatable bonds is 5. The average molecular weight is 341 g/mol. The Bertz CT molecular complexity index is 670. The SMILES string of the molecule is Cn1cnc(S(=O)(=O)N2CCO[C@H]3CC[C@H]2[C@@H]3OCC2CC2)c1. The molecular formula is C15H23N3O4S. The first-order chi connectivity index (χ1) is 11.1. The van der Waals surface area contributed by atoms with Gasteiger partial charge >= 0.3 is 0 Å². The van der Waals surface area contributed by atoms with Crippen LogP contribution in [0.4, 0.5) is 0 Å². The fourth-order valence-corrected chi connectivity index (χ4v) is 5.16. The molecule has 1 aromatic rings. The second-order valence-corrected chi connectivity index (χ2v) is 8.63. The van der Waals surface area contributed by atoms with Crippen LogP contribution < -0.4 is 0 Å². The predicted molar refractivity (Wildman–Crippen MR) is 82.3 cm³/mol. The van der Waals surface area contributed by atoms with Gasteiger partial charge < -0.3 is 14.0 Å². The number of imidazole rings is 1. The minimum Gasteiger partial charge on any atom is -0.374 e. The van der Waals surface area contributed by atoms with Crippen molar-refractivity contribution in [2.45, 2.75) is 49.0 Å². The molecule has 0 amide bonds. The van der Waals surface area contributed by atoms with E-state index in [1.807, 2.05) is 0 Å². The third-order valence-corrected chi connectivity index (χ3v) is 6.79. The second kappa shape index (κ2) is 5.84. The fraction of sp³-hybridized carbons (Fsp3) is 0.800. The molecule has 4 rings (SSSR count). The van der Waals surface area contributed by atoms with Gasteiger partial charge in [-0.05, 0) is 31.6 Å². The molecule has 1 aliphatic heterocycles. The van der Waals surface area contributed by atoms with Crippen molar-refractivity contribution in [1.82, 2.24) is 13.9 Å². The molecule has 2 bridgehead atoms. The van der Waals surface area contributed by atoms with Crippen molar-refractivity contribution in [2.24, 2.45) is 13.0 Å². The van der Waals surface area contributed by atoms with Crippen LogP contribution in [0.5, 0.6) is 0 Å². The van der Waals surface area contributed by atoms with E-state index in [9.17, 15) is 8.42 Å². The van der Waals surface area contributed by atoms with E-state index in [0.717, 1.165) is 19.4 Å². The molecule has 1 aromatic heterocycles. The monoisotopic (exact) mass is 341 g/mol. The van der Waals surface area contributed by atoms with Gasteiger partial charge in [0.05, 0.1) is 25.1 Å². The molecule has 0 N–H and O–H groups in total. The second-order valence-electron chi connectivity index (χ2n) is 6.79. The number of aromatic nitrogens is 2. The van der Waals surface area contributed by atoms with E-state index >= 15 is 0 Å². The van der Waals surface area contributed by atoms with Gasteiger partial charge in [-0.25, -0.2) is 13.4 Å². The fourth-order valence-electron chi connectivity index (χ4n) is 3.55. The largest absolute Gasteiger partial charge is 0.374 e. The minimum absolute atomic E-state index is 0.0164. The summed E-state index contributed by atoms with van der Waals surface area (Å²) >= 11 is 0. The van der Waals surface area contributed by atoms with E-state index in [-0.39, 0.29) is 23.3 Å². The molecule has 8 heteroatoms. The van der Waals surface area contributed by atoms with Crippen LogP contribution in [0.3, 0.4) is 0 Å². The van der Waals surface area contributed by atoms with Crippen LogP contribution in [-0.2, 0) is 26.5 Å². The smallest absolute Gasteiger partial charge is 0.262 e. The maximum Gasteiger partial charge on any atom is 0.262 e. The summed E-state index contributed by atoms with van der Waals surface area (Å²) in [6, 6.07) is -0.145. The van der Waals surface area contributed by atoms with Crippen LogP contribution in [0.2, 0.25) is 0 Å². The lowest BCUT2D eigenvalue weighted by Crippen LogP contribution is -2.46. The van der Waals surface area contributed by atoms with E-state index in [1.165, 1.54) is 19.2 Å². The standard InChI is InChI=1S/C15H23N3O4S/c1-17-8-14(16-10-17)23(19,20)18-6-7-21-13-5-4-12(18)15(13)22-9-11-2-3-11/h8,10-13,15H,2-7,9H2,1H3/t12-,13-,15-/m0/s1. The van der Waals surface area contributed by atoms with E-state index < -0.39 is 10.0 Å². The van der Waals surface area contributed by atoms with Gasteiger partial charge in [0.15, 0.2) is 5.03 Å². The zero-order valence-electron chi connectivity index (χ0n) is 13.3. The first-order valence-corrected chi connectivity index (χ1v) is 9.73. The summed E-state index contributed by atoms with van der Waals surface area (Å²) in [5, 5.41) is 0.103. The third kappa shape index (κ3) is 2.93. The predicted octanol–water partition coefficient (Wildman–Crippen LogP) is 0.767. The van der Waals surface area contributed by atoms with Crippen molar-refractivity contribution in [3.63, 3.8) is 0 Å². The maximum absolute atomic E-state index is 13.0. The number of ether oxygens (including phenoxy) is 2. The van der Waals surface area contributed by atoms with Crippen LogP contribution in [-0.4, -0.2) is 60.3 Å². The van der Waals surface area contributed by atoms with E-state index in [4.69, 9.17) is 9.47 Å². The van der Waals surface area contributed by atoms with Gasteiger partial charge in [0.25, 0.3) is 10.0 Å². The Hall–Kier alpha value is -0.960. The first-order valence-electron chi connectivity index (χ1n) is 8.29. The van der Waals surface area contributed by atoms with Gasteiger partial charge in [0, 0.05) is 26.4 Å². The normalized spacial score (nSPS) is 32.1. The molecule has 0 aromatic carbocycles. The number of nitrogens with zero attached hydrogens (tertiary/aromatic N) is 3. The van der Waals surface area contributed by atoms with E-state index in [1.54, 1.807) is 22.1 Å². The van der Waals surface area contributed by atoms with Crippen LogP contribution in [0.15, 0.2) is 17.6 Å². The molecular weight excluding hydrogens is 318 g/mol. The zero-order valence-corrected chi connectivity index (χ0v) is 14.1. The Morgan fingerprint density at radius 1 is 1.35 bits per heavy atom. The quantitative estimate of drug-likeness (QED) is 0.791. The molecule has 2 heterocycles. The molecule has 2 saturated carbocycles. The van der Waals surface area contributed by atoms with Gasteiger partial charge in [-0.1, -0.05) is 0 Å². The Kier molecular flexibility index (Phi) is 3.95. The number of hydrogen-bond donors (Lipinski definition) is 0. The maximum atomic E-state index is 13.0. The summed E-state index contributed by atoms with van der Waals surface area (Å²) in [7, 11) is -1.85. The zero-order chi connectivity index (χ0) is 16.0. The molecule has 23 heavy (non-hydrogen) atoms. The Labute approximate surface area is 136 Å². The topological polar surface area (TPSA) is 73.7 Å². The molecule has 0 unspecified atom stereocenters. The summed E-state index contributed by atoms with van der Waals surface area (Å²) < 4.78 is 41.1. The Morgan fingerprint density at radius 3 is 2.87 bits per heavy atom. The average Bonchev–Trinajstić information content (AvgIpc) is 3.13. The number of fused-ring (bicyclic) bond motifs is 2. The van der Waals surface area contributed by atoms with Crippen LogP contribution >= 0.6 is 0 Å². The van der Waals surface area contributed by atoms with Gasteiger partial charge in [-0.15, -0.1) is 0 Å². The Morgan fingerprint density at radius 2 is 2.17 bits per heavy atom. The molecule has 3 aliphatic rings. The molecule has 128 valence electrons. The van der Waals surface area contributed by atoms with Gasteiger partial charge in [-0.2, -0.15) is 4.31 Å². The summed E-state index contributed by atoms with van der Waals surface area (Å²) in [6.07, 6.45) is 7.00. The summed E-state index contributed by atoms with van der Waals surface area (Å²) in [6.45, 7) is 1.50. The lowest BCUT2D eigenvalue weighted by molar-refractivity contribution is -0.0542. The van der Waals surface area contributed by atoms with E-state index in [0.29, 0.717) is 19.1 Å². The molecule has 2 aliphatic carbocycles. The molecule has 3 fully saturated rings. The van der Waals surface area contributed by atoms with Crippen molar-refractivity contribution in [2.75, 3.05) is 19.8 Å². The van der Waals surface area contributed by atoms with Crippen molar-refractivity contribution >= 4 is 10.0 Å². The third-order valence-electron chi connectivity index (χ3n) is 4.98. The lowest BCUT2D eigenvalue weighted by atomic mass is 10.2. The van der Waals surface area contributed by atoms with Crippen molar-refractivity contribution < 1.29 is 17.9 Å². The highest BCUT2D eigenvalue weighted by molar-refractivity contribution is 7.89. The number of aryl methyl sites for hydroxylation is 1. The van der Waals surface area contributed by atoms with Crippen molar-refractivity contribution in [3.8, 4) is 0 Å². The molecule has 0 radical (unpaired) electrons. The van der Waals surface area contributed by atoms with Crippen LogP contribution in [0.1, 0.15) is 25.7 Å². The molecule has 0 spiro atoms. The van der Waals surface area contributed by atoms with Crippen molar-refractivity contribution in [1.29, 1.82) is 0 Å². The van der Waals surface area contributed by atoms with Gasteiger partial charge in [0.2, 0.25) is 0 Å². The number of hydrogen-bond acceptors (Lipinski definition) is 5. The van der Waals surface area contributed by atoms with Crippen LogP contribution in [0, 0.1) is 5.92 Å². The molecule has 1 saturated heterocycles. The summed E-state index contributed by atoms with van der Waals surface area (Å²) in [5.41, 5.74) is 0. The van der Waals surface area contributed by atoms with Crippen LogP contribution in [0.25, 0.3) is 0 Å². The number of sulfonamides is 1.